The molecular formula is C44H37Cl6N2+. The molecule has 0 fully saturated rings. The molecule has 6 aromatic carbocycles. The standard InChI is InChI=1S/C33H28Cl5N2.C11H9Cl/c1-22-2-3-23(31(37)18-22)4-5-26(30-15-14-29(36)19-32(30)38)20-39-16-17-40(21-39)33(24-6-10-27(34)11-7-24)25-8-12-28(35)13-9-25;1-8-4-2-6-10-9(8)5-3-7-11(10)12/h2-3,6-19,21,26,33H,4-5,20H2,1H3;2-7H,1H3/q+1;. The summed E-state index contributed by atoms with van der Waals surface area (Å²) in [5.74, 6) is 0.146. The van der Waals surface area contributed by atoms with Gasteiger partial charge < -0.3 is 0 Å². The molecule has 0 aliphatic carbocycles. The Morgan fingerprint density at radius 3 is 1.87 bits per heavy atom. The lowest BCUT2D eigenvalue weighted by molar-refractivity contribution is -0.699. The van der Waals surface area contributed by atoms with Gasteiger partial charge >= 0.3 is 0 Å². The van der Waals surface area contributed by atoms with E-state index in [1.807, 2.05) is 72.8 Å². The molecule has 0 aliphatic heterocycles. The highest BCUT2D eigenvalue weighted by Crippen LogP contribution is 2.33. The fourth-order valence-electron chi connectivity index (χ4n) is 6.54. The zero-order valence-corrected chi connectivity index (χ0v) is 33.3. The summed E-state index contributed by atoms with van der Waals surface area (Å²) < 4.78 is 4.43. The number of nitrogens with zero attached hydrogens (tertiary/aromatic N) is 2. The molecule has 0 saturated carbocycles. The van der Waals surface area contributed by atoms with E-state index in [9.17, 15) is 0 Å². The van der Waals surface area contributed by atoms with Crippen molar-refractivity contribution >= 4 is 80.4 Å². The third-order valence-electron chi connectivity index (χ3n) is 9.27. The van der Waals surface area contributed by atoms with E-state index < -0.39 is 0 Å². The number of benzene rings is 6. The van der Waals surface area contributed by atoms with E-state index in [4.69, 9.17) is 69.6 Å². The van der Waals surface area contributed by atoms with Crippen molar-refractivity contribution in [2.45, 2.75) is 45.2 Å². The molecule has 1 unspecified atom stereocenters. The largest absolute Gasteiger partial charge is 0.244 e. The molecule has 0 saturated heterocycles. The normalized spacial score (nSPS) is 11.8. The van der Waals surface area contributed by atoms with Gasteiger partial charge in [0, 0.05) is 52.6 Å². The average molecular weight is 807 g/mol. The van der Waals surface area contributed by atoms with Crippen LogP contribution in [0.4, 0.5) is 0 Å². The molecule has 0 bridgehead atoms. The van der Waals surface area contributed by atoms with Crippen LogP contribution in [0.1, 0.15) is 51.8 Å². The van der Waals surface area contributed by atoms with Gasteiger partial charge in [-0.1, -0.05) is 142 Å². The van der Waals surface area contributed by atoms with Gasteiger partial charge in [-0.25, -0.2) is 9.13 Å². The number of hydrogen-bond acceptors (Lipinski definition) is 0. The highest BCUT2D eigenvalue weighted by molar-refractivity contribution is 6.36. The first-order valence-corrected chi connectivity index (χ1v) is 19.2. The zero-order valence-electron chi connectivity index (χ0n) is 28.7. The van der Waals surface area contributed by atoms with Gasteiger partial charge in [0.2, 0.25) is 6.33 Å². The van der Waals surface area contributed by atoms with E-state index in [0.717, 1.165) is 62.6 Å². The molecule has 0 radical (unpaired) electrons. The maximum absolute atomic E-state index is 6.72. The molecule has 0 amide bonds. The molecule has 1 atom stereocenters. The molecule has 264 valence electrons. The highest BCUT2D eigenvalue weighted by atomic mass is 35.5. The van der Waals surface area contributed by atoms with Crippen molar-refractivity contribution in [2.24, 2.45) is 0 Å². The van der Waals surface area contributed by atoms with Crippen LogP contribution in [0.15, 0.2) is 140 Å². The van der Waals surface area contributed by atoms with Crippen LogP contribution in [0.3, 0.4) is 0 Å². The van der Waals surface area contributed by atoms with Crippen molar-refractivity contribution in [1.82, 2.24) is 4.57 Å². The third kappa shape index (κ3) is 9.54. The Morgan fingerprint density at radius 2 is 1.23 bits per heavy atom. The number of fused-ring (bicyclic) bond motifs is 1. The molecule has 1 heterocycles. The minimum absolute atomic E-state index is 0.0419. The van der Waals surface area contributed by atoms with Crippen LogP contribution in [-0.2, 0) is 13.0 Å². The van der Waals surface area contributed by atoms with E-state index in [1.165, 1.54) is 10.9 Å². The molecule has 1 aromatic heterocycles. The van der Waals surface area contributed by atoms with Gasteiger partial charge in [0.15, 0.2) is 6.04 Å². The van der Waals surface area contributed by atoms with Crippen LogP contribution in [0.2, 0.25) is 30.1 Å². The van der Waals surface area contributed by atoms with E-state index in [0.29, 0.717) is 20.1 Å². The second kappa shape index (κ2) is 17.6. The predicted molar refractivity (Wildman–Crippen MR) is 222 cm³/mol. The Bertz CT molecular complexity index is 2190. The highest BCUT2D eigenvalue weighted by Gasteiger charge is 2.24. The summed E-state index contributed by atoms with van der Waals surface area (Å²) in [6.45, 7) is 4.89. The van der Waals surface area contributed by atoms with Gasteiger partial charge in [0.05, 0.1) is 6.54 Å². The van der Waals surface area contributed by atoms with Crippen molar-refractivity contribution in [3.8, 4) is 0 Å². The van der Waals surface area contributed by atoms with Gasteiger partial charge in [-0.15, -0.1) is 0 Å². The Labute approximate surface area is 336 Å². The molecule has 8 heteroatoms. The van der Waals surface area contributed by atoms with E-state index in [1.54, 1.807) is 0 Å². The van der Waals surface area contributed by atoms with E-state index in [2.05, 4.69) is 90.2 Å². The van der Waals surface area contributed by atoms with Crippen LogP contribution in [0, 0.1) is 13.8 Å². The van der Waals surface area contributed by atoms with E-state index in [-0.39, 0.29) is 12.0 Å². The number of aryl methyl sites for hydroxylation is 3. The van der Waals surface area contributed by atoms with Crippen LogP contribution >= 0.6 is 69.6 Å². The Hall–Kier alpha value is -3.47. The van der Waals surface area contributed by atoms with Crippen molar-refractivity contribution < 1.29 is 4.57 Å². The molecule has 7 aromatic rings. The van der Waals surface area contributed by atoms with Crippen LogP contribution in [0.25, 0.3) is 10.8 Å². The Balaban J connectivity index is 0.000000325. The van der Waals surface area contributed by atoms with Crippen LogP contribution in [-0.4, -0.2) is 4.57 Å². The fourth-order valence-corrected chi connectivity index (χ4v) is 7.93. The van der Waals surface area contributed by atoms with Gasteiger partial charge in [-0.2, -0.15) is 0 Å². The minimum atomic E-state index is -0.0419. The smallest absolute Gasteiger partial charge is 0.236 e. The zero-order chi connectivity index (χ0) is 36.8. The van der Waals surface area contributed by atoms with Crippen molar-refractivity contribution in [2.75, 3.05) is 0 Å². The lowest BCUT2D eigenvalue weighted by Gasteiger charge is -2.18. The second-order valence-electron chi connectivity index (χ2n) is 13.0. The lowest BCUT2D eigenvalue weighted by atomic mass is 9.92. The van der Waals surface area contributed by atoms with Gasteiger partial charge in [-0.3, -0.25) is 0 Å². The molecule has 0 spiro atoms. The van der Waals surface area contributed by atoms with Crippen molar-refractivity contribution in [1.29, 1.82) is 0 Å². The molecule has 52 heavy (non-hydrogen) atoms. The Kier molecular flexibility index (Phi) is 12.9. The SMILES string of the molecule is Cc1ccc(CCC(C[n+]2ccn(C(c3ccc(Cl)cc3)c3ccc(Cl)cc3)c2)c2ccc(Cl)cc2Cl)c(Cl)c1.Cc1cccc2c(Cl)cccc12. The third-order valence-corrected chi connectivity index (χ3v) is 11.0. The number of imidazole rings is 1. The number of halogens is 6. The van der Waals surface area contributed by atoms with Gasteiger partial charge in [-0.05, 0) is 103 Å². The van der Waals surface area contributed by atoms with Gasteiger partial charge in [0.1, 0.15) is 12.4 Å². The van der Waals surface area contributed by atoms with E-state index >= 15 is 0 Å². The summed E-state index contributed by atoms with van der Waals surface area (Å²) in [5.41, 5.74) is 6.88. The summed E-state index contributed by atoms with van der Waals surface area (Å²) in [7, 11) is 0. The van der Waals surface area contributed by atoms with Gasteiger partial charge in [0.25, 0.3) is 0 Å². The molecule has 0 N–H and O–H groups in total. The lowest BCUT2D eigenvalue weighted by Crippen LogP contribution is -2.35. The second-order valence-corrected chi connectivity index (χ2v) is 15.5. The summed E-state index contributed by atoms with van der Waals surface area (Å²) in [6.07, 6.45) is 8.06. The first-order chi connectivity index (χ1) is 25.0. The molecule has 2 nitrogen and oxygen atoms in total. The maximum atomic E-state index is 6.72. The maximum Gasteiger partial charge on any atom is 0.244 e. The van der Waals surface area contributed by atoms with Crippen molar-refractivity contribution in [3.63, 3.8) is 0 Å². The predicted octanol–water partition coefficient (Wildman–Crippen LogP) is 14.2. The quantitative estimate of drug-likeness (QED) is 0.129. The monoisotopic (exact) mass is 803 g/mol. The summed E-state index contributed by atoms with van der Waals surface area (Å²) >= 11 is 38.0. The number of rotatable bonds is 9. The summed E-state index contributed by atoms with van der Waals surface area (Å²) in [4.78, 5) is 0. The topological polar surface area (TPSA) is 8.81 Å². The first kappa shape index (κ1) is 38.3. The molecule has 7 rings (SSSR count). The van der Waals surface area contributed by atoms with Crippen LogP contribution < -0.4 is 4.57 Å². The molecule has 0 aliphatic rings. The molecular weight excluding hydrogens is 769 g/mol. The fraction of sp³-hybridized carbons (Fsp3) is 0.159. The van der Waals surface area contributed by atoms with Crippen molar-refractivity contribution in [3.05, 3.63) is 204 Å². The summed E-state index contributed by atoms with van der Waals surface area (Å²) in [5, 5.41) is 6.72. The first-order valence-electron chi connectivity index (χ1n) is 17.0. The van der Waals surface area contributed by atoms with Crippen LogP contribution in [0.5, 0.6) is 0 Å². The average Bonchev–Trinajstić information content (AvgIpc) is 3.58. The number of aromatic nitrogens is 2. The summed E-state index contributed by atoms with van der Waals surface area (Å²) in [6, 6.07) is 40.1. The minimum Gasteiger partial charge on any atom is -0.236 e. The Morgan fingerprint density at radius 1 is 0.596 bits per heavy atom. The number of hydrogen-bond donors (Lipinski definition) is 0.